The van der Waals surface area contributed by atoms with Crippen LogP contribution in [0.15, 0.2) is 24.3 Å². The van der Waals surface area contributed by atoms with Crippen molar-refractivity contribution in [3.8, 4) is 0 Å². The van der Waals surface area contributed by atoms with Crippen LogP contribution in [0.4, 0.5) is 11.4 Å². The molecule has 3 fully saturated rings. The fraction of sp³-hybridized carbons (Fsp3) is 0.556. The third-order valence-corrected chi connectivity index (χ3v) is 5.65. The van der Waals surface area contributed by atoms with Crippen LogP contribution in [-0.4, -0.2) is 17.9 Å². The summed E-state index contributed by atoms with van der Waals surface area (Å²) in [5.41, 5.74) is 7.76. The van der Waals surface area contributed by atoms with E-state index in [4.69, 9.17) is 5.73 Å². The summed E-state index contributed by atoms with van der Waals surface area (Å²) in [4.78, 5) is 24.2. The van der Waals surface area contributed by atoms with E-state index in [9.17, 15) is 9.59 Å². The monoisotopic (exact) mass is 313 g/mol. The molecule has 1 aromatic carbocycles. The summed E-state index contributed by atoms with van der Waals surface area (Å²) < 4.78 is 0. The normalized spacial score (nSPS) is 31.9. The minimum atomic E-state index is -0.0528. The van der Waals surface area contributed by atoms with Crippen LogP contribution >= 0.6 is 0 Å². The van der Waals surface area contributed by atoms with E-state index in [-0.39, 0.29) is 29.7 Å². The Morgan fingerprint density at radius 3 is 1.96 bits per heavy atom. The predicted molar refractivity (Wildman–Crippen MR) is 88.7 cm³/mol. The van der Waals surface area contributed by atoms with E-state index in [0.717, 1.165) is 37.1 Å². The van der Waals surface area contributed by atoms with E-state index in [1.165, 1.54) is 6.42 Å². The summed E-state index contributed by atoms with van der Waals surface area (Å²) in [5.74, 6) is 1.24. The molecule has 0 spiro atoms. The lowest BCUT2D eigenvalue weighted by molar-refractivity contribution is -0.121. The number of nitrogens with two attached hydrogens (primary N) is 1. The summed E-state index contributed by atoms with van der Waals surface area (Å²) in [6.07, 6.45) is 5.38. The molecule has 1 aromatic rings. The lowest BCUT2D eigenvalue weighted by Crippen LogP contribution is -2.42. The van der Waals surface area contributed by atoms with Crippen molar-refractivity contribution in [3.63, 3.8) is 0 Å². The molecule has 3 saturated carbocycles. The van der Waals surface area contributed by atoms with E-state index >= 15 is 0 Å². The SMILES string of the molecule is NC1C2CCC(C2)C1C(=O)Nc1ccc(NC(=O)C2CC2)cc1. The summed E-state index contributed by atoms with van der Waals surface area (Å²) >= 11 is 0. The zero-order valence-electron chi connectivity index (χ0n) is 13.1. The van der Waals surface area contributed by atoms with Crippen LogP contribution in [0.25, 0.3) is 0 Å². The van der Waals surface area contributed by atoms with Gasteiger partial charge in [0.15, 0.2) is 0 Å². The molecule has 4 unspecified atom stereocenters. The summed E-state index contributed by atoms with van der Waals surface area (Å²) in [7, 11) is 0. The van der Waals surface area contributed by atoms with Crippen LogP contribution in [0.2, 0.25) is 0 Å². The zero-order valence-corrected chi connectivity index (χ0v) is 13.1. The number of rotatable bonds is 4. The average molecular weight is 313 g/mol. The summed E-state index contributed by atoms with van der Waals surface area (Å²) in [6, 6.07) is 7.33. The second-order valence-electron chi connectivity index (χ2n) is 7.27. The molecular formula is C18H23N3O2. The van der Waals surface area contributed by atoms with Crippen molar-refractivity contribution in [3.05, 3.63) is 24.3 Å². The molecular weight excluding hydrogens is 290 g/mol. The summed E-state index contributed by atoms with van der Waals surface area (Å²) in [5, 5.41) is 5.88. The lowest BCUT2D eigenvalue weighted by atomic mass is 9.84. The van der Waals surface area contributed by atoms with E-state index in [2.05, 4.69) is 10.6 Å². The molecule has 2 bridgehead atoms. The number of carbonyl (C=O) groups excluding carboxylic acids is 2. The predicted octanol–water partition coefficient (Wildman–Crippen LogP) is 2.35. The molecule has 3 aliphatic carbocycles. The lowest BCUT2D eigenvalue weighted by Gasteiger charge is -2.27. The van der Waals surface area contributed by atoms with Crippen LogP contribution < -0.4 is 16.4 Å². The van der Waals surface area contributed by atoms with Gasteiger partial charge in [-0.3, -0.25) is 9.59 Å². The molecule has 122 valence electrons. The molecule has 0 aromatic heterocycles. The van der Waals surface area contributed by atoms with Crippen molar-refractivity contribution in [2.45, 2.75) is 38.1 Å². The van der Waals surface area contributed by atoms with Gasteiger partial charge in [0.1, 0.15) is 0 Å². The van der Waals surface area contributed by atoms with Crippen molar-refractivity contribution in [1.82, 2.24) is 0 Å². The van der Waals surface area contributed by atoms with Crippen molar-refractivity contribution in [2.24, 2.45) is 29.4 Å². The third-order valence-electron chi connectivity index (χ3n) is 5.65. The average Bonchev–Trinajstić information content (AvgIpc) is 3.21. The van der Waals surface area contributed by atoms with Crippen LogP contribution in [-0.2, 0) is 9.59 Å². The Hall–Kier alpha value is -1.88. The third kappa shape index (κ3) is 2.85. The molecule has 0 saturated heterocycles. The number of carbonyl (C=O) groups is 2. The first-order chi connectivity index (χ1) is 11.1. The fourth-order valence-corrected chi connectivity index (χ4v) is 4.18. The highest BCUT2D eigenvalue weighted by Gasteiger charge is 2.49. The number of amides is 2. The van der Waals surface area contributed by atoms with Gasteiger partial charge >= 0.3 is 0 Å². The van der Waals surface area contributed by atoms with Crippen molar-refractivity contribution >= 4 is 23.2 Å². The molecule has 5 heteroatoms. The highest BCUT2D eigenvalue weighted by Crippen LogP contribution is 2.47. The zero-order chi connectivity index (χ0) is 16.0. The Morgan fingerprint density at radius 1 is 0.870 bits per heavy atom. The highest BCUT2D eigenvalue weighted by molar-refractivity contribution is 5.95. The molecule has 0 heterocycles. The number of benzene rings is 1. The van der Waals surface area contributed by atoms with Crippen LogP contribution in [0.3, 0.4) is 0 Å². The molecule has 0 aliphatic heterocycles. The molecule has 3 aliphatic rings. The van der Waals surface area contributed by atoms with Crippen LogP contribution in [0, 0.1) is 23.7 Å². The Bertz CT molecular complexity index is 622. The largest absolute Gasteiger partial charge is 0.327 e. The second kappa shape index (κ2) is 5.64. The maximum absolute atomic E-state index is 12.5. The minimum absolute atomic E-state index is 0.00542. The Balaban J connectivity index is 1.37. The van der Waals surface area contributed by atoms with Gasteiger partial charge in [-0.1, -0.05) is 0 Å². The first-order valence-electron chi connectivity index (χ1n) is 8.59. The van der Waals surface area contributed by atoms with E-state index in [1.54, 1.807) is 0 Å². The van der Waals surface area contributed by atoms with E-state index < -0.39 is 0 Å². The van der Waals surface area contributed by atoms with Gasteiger partial charge in [-0.2, -0.15) is 0 Å². The topological polar surface area (TPSA) is 84.2 Å². The smallest absolute Gasteiger partial charge is 0.229 e. The molecule has 23 heavy (non-hydrogen) atoms. The number of hydrogen-bond donors (Lipinski definition) is 3. The summed E-state index contributed by atoms with van der Waals surface area (Å²) in [6.45, 7) is 0. The van der Waals surface area contributed by atoms with Crippen LogP contribution in [0.1, 0.15) is 32.1 Å². The van der Waals surface area contributed by atoms with Crippen molar-refractivity contribution < 1.29 is 9.59 Å². The molecule has 5 nitrogen and oxygen atoms in total. The molecule has 0 radical (unpaired) electrons. The fourth-order valence-electron chi connectivity index (χ4n) is 4.18. The van der Waals surface area contributed by atoms with Gasteiger partial charge in [0.05, 0.1) is 5.92 Å². The molecule has 4 rings (SSSR count). The maximum atomic E-state index is 12.5. The molecule has 4 N–H and O–H groups in total. The number of hydrogen-bond acceptors (Lipinski definition) is 3. The van der Waals surface area contributed by atoms with Gasteiger partial charge in [0, 0.05) is 23.3 Å². The quantitative estimate of drug-likeness (QED) is 0.797. The first-order valence-corrected chi connectivity index (χ1v) is 8.59. The Labute approximate surface area is 136 Å². The van der Waals surface area contributed by atoms with Gasteiger partial charge in [-0.15, -0.1) is 0 Å². The Kier molecular flexibility index (Phi) is 3.60. The second-order valence-corrected chi connectivity index (χ2v) is 7.27. The van der Waals surface area contributed by atoms with Gasteiger partial charge in [-0.05, 0) is 68.2 Å². The van der Waals surface area contributed by atoms with Crippen LogP contribution in [0.5, 0.6) is 0 Å². The van der Waals surface area contributed by atoms with Crippen molar-refractivity contribution in [2.75, 3.05) is 10.6 Å². The van der Waals surface area contributed by atoms with Crippen molar-refractivity contribution in [1.29, 1.82) is 0 Å². The van der Waals surface area contributed by atoms with Gasteiger partial charge < -0.3 is 16.4 Å². The number of fused-ring (bicyclic) bond motifs is 2. The van der Waals surface area contributed by atoms with E-state index in [0.29, 0.717) is 11.8 Å². The number of nitrogens with one attached hydrogen (secondary N) is 2. The minimum Gasteiger partial charge on any atom is -0.327 e. The standard InChI is InChI=1S/C18H23N3O2/c19-16-12-4-3-11(9-12)15(16)18(23)21-14-7-5-13(6-8-14)20-17(22)10-1-2-10/h5-8,10-12,15-16H,1-4,9,19H2,(H,20,22)(H,21,23). The molecule has 2 amide bonds. The Morgan fingerprint density at radius 2 is 1.43 bits per heavy atom. The van der Waals surface area contributed by atoms with Gasteiger partial charge in [-0.25, -0.2) is 0 Å². The highest BCUT2D eigenvalue weighted by atomic mass is 16.2. The van der Waals surface area contributed by atoms with Gasteiger partial charge in [0.2, 0.25) is 11.8 Å². The first kappa shape index (κ1) is 14.7. The van der Waals surface area contributed by atoms with E-state index in [1.807, 2.05) is 24.3 Å². The molecule has 4 atom stereocenters. The van der Waals surface area contributed by atoms with Gasteiger partial charge in [0.25, 0.3) is 0 Å². The maximum Gasteiger partial charge on any atom is 0.229 e. The number of anilines is 2.